The van der Waals surface area contributed by atoms with E-state index in [1.165, 1.54) is 4.90 Å². The van der Waals surface area contributed by atoms with Crippen molar-refractivity contribution in [2.24, 2.45) is 5.73 Å². The Bertz CT molecular complexity index is 1030. The molecule has 2 aromatic carbocycles. The van der Waals surface area contributed by atoms with E-state index in [4.69, 9.17) is 10.8 Å². The monoisotopic (exact) mass is 412 g/mol. The minimum absolute atomic E-state index is 0.00248. The van der Waals surface area contributed by atoms with Crippen molar-refractivity contribution in [1.82, 2.24) is 9.80 Å². The zero-order valence-electron chi connectivity index (χ0n) is 16.8. The Morgan fingerprint density at radius 2 is 1.87 bits per heavy atom. The fraction of sp³-hybridized carbons (Fsp3) is 0.333. The summed E-state index contributed by atoms with van der Waals surface area (Å²) in [6, 6.07) is 7.32. The number of nitrogens with zero attached hydrogens (tertiary/aromatic N) is 2. The highest BCUT2D eigenvalue weighted by Crippen LogP contribution is 2.32. The predicted molar refractivity (Wildman–Crippen MR) is 111 cm³/mol. The predicted octanol–water partition coefficient (Wildman–Crippen LogP) is 1.13. The molecule has 9 heteroatoms. The molecule has 4 N–H and O–H groups in total. The molecule has 3 amide bonds. The lowest BCUT2D eigenvalue weighted by molar-refractivity contribution is -0.138. The van der Waals surface area contributed by atoms with Gasteiger partial charge in [0, 0.05) is 36.1 Å². The molecule has 3 rings (SSSR count). The summed E-state index contributed by atoms with van der Waals surface area (Å²) in [6.07, 6.45) is -0.0697. The van der Waals surface area contributed by atoms with Crippen molar-refractivity contribution >= 4 is 40.2 Å². The molecule has 0 bridgehead atoms. The number of aliphatic carboxylic acids is 1. The van der Waals surface area contributed by atoms with Crippen molar-refractivity contribution < 1.29 is 24.3 Å². The van der Waals surface area contributed by atoms with Crippen molar-refractivity contribution in [3.05, 3.63) is 41.5 Å². The second kappa shape index (κ2) is 8.60. The van der Waals surface area contributed by atoms with E-state index in [1.54, 1.807) is 30.3 Å². The van der Waals surface area contributed by atoms with Gasteiger partial charge >= 0.3 is 5.97 Å². The zero-order valence-corrected chi connectivity index (χ0v) is 16.8. The summed E-state index contributed by atoms with van der Waals surface area (Å²) in [4.78, 5) is 52.0. The van der Waals surface area contributed by atoms with Crippen molar-refractivity contribution in [2.45, 2.75) is 18.9 Å². The second-order valence-corrected chi connectivity index (χ2v) is 7.52. The molecular formula is C21H24N4O5. The number of likely N-dealkylation sites (N-methyl/N-ethyl adjacent to an activating group) is 1. The van der Waals surface area contributed by atoms with Crippen LogP contribution in [-0.2, 0) is 9.59 Å². The fourth-order valence-electron chi connectivity index (χ4n) is 3.37. The van der Waals surface area contributed by atoms with Gasteiger partial charge < -0.3 is 21.1 Å². The molecule has 1 heterocycles. The fourth-order valence-corrected chi connectivity index (χ4v) is 3.37. The number of nitrogens with one attached hydrogen (secondary N) is 1. The number of benzene rings is 2. The van der Waals surface area contributed by atoms with Crippen LogP contribution in [0.4, 0.5) is 5.69 Å². The number of carboxylic acid groups (broad SMARTS) is 1. The molecule has 0 saturated carbocycles. The third-order valence-electron chi connectivity index (χ3n) is 4.98. The number of nitrogens with two attached hydrogens (primary N) is 1. The van der Waals surface area contributed by atoms with E-state index in [-0.39, 0.29) is 25.3 Å². The van der Waals surface area contributed by atoms with Gasteiger partial charge in [-0.1, -0.05) is 12.1 Å². The van der Waals surface area contributed by atoms with Crippen LogP contribution in [0.1, 0.15) is 33.6 Å². The molecule has 158 valence electrons. The van der Waals surface area contributed by atoms with Gasteiger partial charge in [0.1, 0.15) is 6.04 Å². The van der Waals surface area contributed by atoms with Crippen molar-refractivity contribution in [3.63, 3.8) is 0 Å². The standard InChI is InChI=1S/C21H24N4O5/c1-24(2)8-9-25-19(27)14-5-3-4-12-10-13(11-15(18(12)14)20(25)28)23-17(26)7-6-16(22)21(29)30/h3-5,10-11,16H,6-9,22H2,1-2H3,(H,23,26)(H,29,30). The van der Waals surface area contributed by atoms with Crippen LogP contribution < -0.4 is 11.1 Å². The summed E-state index contributed by atoms with van der Waals surface area (Å²) < 4.78 is 0. The lowest BCUT2D eigenvalue weighted by Crippen LogP contribution is -2.43. The Morgan fingerprint density at radius 1 is 1.17 bits per heavy atom. The Labute approximate surface area is 173 Å². The Balaban J connectivity index is 1.90. The maximum Gasteiger partial charge on any atom is 0.320 e. The van der Waals surface area contributed by atoms with E-state index >= 15 is 0 Å². The molecule has 0 fully saturated rings. The number of carbonyl (C=O) groups excluding carboxylic acids is 3. The average Bonchev–Trinajstić information content (AvgIpc) is 2.69. The van der Waals surface area contributed by atoms with Crippen LogP contribution in [0.15, 0.2) is 30.3 Å². The topological polar surface area (TPSA) is 133 Å². The van der Waals surface area contributed by atoms with Crippen LogP contribution >= 0.6 is 0 Å². The van der Waals surface area contributed by atoms with Crippen molar-refractivity contribution in [3.8, 4) is 0 Å². The van der Waals surface area contributed by atoms with Gasteiger partial charge in [-0.05, 0) is 44.1 Å². The van der Waals surface area contributed by atoms with E-state index < -0.39 is 23.8 Å². The molecule has 1 aliphatic heterocycles. The summed E-state index contributed by atoms with van der Waals surface area (Å²) in [5.74, 6) is -2.31. The number of amides is 3. The van der Waals surface area contributed by atoms with Gasteiger partial charge in [-0.25, -0.2) is 0 Å². The summed E-state index contributed by atoms with van der Waals surface area (Å²) in [7, 11) is 3.72. The maximum absolute atomic E-state index is 13.0. The van der Waals surface area contributed by atoms with Gasteiger partial charge in [0.2, 0.25) is 5.91 Å². The Morgan fingerprint density at radius 3 is 2.53 bits per heavy atom. The molecule has 2 aromatic rings. The highest BCUT2D eigenvalue weighted by atomic mass is 16.4. The first-order valence-electron chi connectivity index (χ1n) is 9.55. The first-order chi connectivity index (χ1) is 14.2. The lowest BCUT2D eigenvalue weighted by atomic mass is 9.93. The maximum atomic E-state index is 13.0. The Hall–Kier alpha value is -3.30. The molecule has 0 aromatic heterocycles. The van der Waals surface area contributed by atoms with Crippen LogP contribution in [-0.4, -0.2) is 71.8 Å². The normalized spacial score (nSPS) is 14.3. The van der Waals surface area contributed by atoms with Gasteiger partial charge in [-0.3, -0.25) is 24.1 Å². The highest BCUT2D eigenvalue weighted by Gasteiger charge is 2.33. The smallest absolute Gasteiger partial charge is 0.320 e. The minimum atomic E-state index is -1.17. The first-order valence-corrected chi connectivity index (χ1v) is 9.55. The van der Waals surface area contributed by atoms with E-state index in [0.29, 0.717) is 34.1 Å². The van der Waals surface area contributed by atoms with E-state index in [9.17, 15) is 19.2 Å². The molecule has 9 nitrogen and oxygen atoms in total. The first kappa shape index (κ1) is 21.4. The van der Waals surface area contributed by atoms with Gasteiger partial charge in [0.15, 0.2) is 0 Å². The molecule has 1 atom stereocenters. The zero-order chi connectivity index (χ0) is 22.0. The molecule has 30 heavy (non-hydrogen) atoms. The molecule has 0 radical (unpaired) electrons. The van der Waals surface area contributed by atoms with Crippen LogP contribution in [0.25, 0.3) is 10.8 Å². The second-order valence-electron chi connectivity index (χ2n) is 7.52. The summed E-state index contributed by atoms with van der Waals surface area (Å²) in [6.45, 7) is 0.785. The van der Waals surface area contributed by atoms with E-state index in [1.807, 2.05) is 19.0 Å². The molecule has 0 saturated heterocycles. The molecule has 1 aliphatic rings. The number of carboxylic acids is 1. The number of hydrogen-bond donors (Lipinski definition) is 3. The number of hydrogen-bond acceptors (Lipinski definition) is 6. The van der Waals surface area contributed by atoms with Crippen LogP contribution in [0.2, 0.25) is 0 Å². The van der Waals surface area contributed by atoms with Crippen LogP contribution in [0.3, 0.4) is 0 Å². The lowest BCUT2D eigenvalue weighted by Gasteiger charge is -2.28. The van der Waals surface area contributed by atoms with Gasteiger partial charge in [0.25, 0.3) is 11.8 Å². The minimum Gasteiger partial charge on any atom is -0.480 e. The van der Waals surface area contributed by atoms with Gasteiger partial charge in [0.05, 0.1) is 5.56 Å². The molecular weight excluding hydrogens is 388 g/mol. The van der Waals surface area contributed by atoms with E-state index in [2.05, 4.69) is 5.32 Å². The third kappa shape index (κ3) is 4.32. The number of rotatable bonds is 8. The molecule has 0 spiro atoms. The SMILES string of the molecule is CN(C)CCN1C(=O)c2cccc3cc(NC(=O)CCC(N)C(=O)O)cc(c23)C1=O. The number of anilines is 1. The third-order valence-corrected chi connectivity index (χ3v) is 4.98. The van der Waals surface area contributed by atoms with Gasteiger partial charge in [-0.2, -0.15) is 0 Å². The highest BCUT2D eigenvalue weighted by molar-refractivity contribution is 6.26. The van der Waals surface area contributed by atoms with Crippen LogP contribution in [0.5, 0.6) is 0 Å². The van der Waals surface area contributed by atoms with Gasteiger partial charge in [-0.15, -0.1) is 0 Å². The quantitative estimate of drug-likeness (QED) is 0.554. The van der Waals surface area contributed by atoms with Crippen LogP contribution in [0, 0.1) is 0 Å². The number of imide groups is 1. The average molecular weight is 412 g/mol. The largest absolute Gasteiger partial charge is 0.480 e. The number of carbonyl (C=O) groups is 4. The van der Waals surface area contributed by atoms with Crippen molar-refractivity contribution in [2.75, 3.05) is 32.5 Å². The summed E-state index contributed by atoms with van der Waals surface area (Å²) in [5, 5.41) is 12.8. The summed E-state index contributed by atoms with van der Waals surface area (Å²) in [5.41, 5.74) is 6.63. The molecule has 0 aliphatic carbocycles. The Kier molecular flexibility index (Phi) is 6.14. The summed E-state index contributed by atoms with van der Waals surface area (Å²) >= 11 is 0. The molecule has 1 unspecified atom stereocenters. The van der Waals surface area contributed by atoms with Crippen molar-refractivity contribution in [1.29, 1.82) is 0 Å². The van der Waals surface area contributed by atoms with E-state index in [0.717, 1.165) is 0 Å².